The van der Waals surface area contributed by atoms with Gasteiger partial charge in [-0.2, -0.15) is 0 Å². The number of carbonyl (C=O) groups excluding carboxylic acids is 1. The van der Waals surface area contributed by atoms with Crippen LogP contribution < -0.4 is 10.1 Å². The van der Waals surface area contributed by atoms with Crippen LogP contribution in [0.2, 0.25) is 0 Å². The fourth-order valence-corrected chi connectivity index (χ4v) is 2.93. The zero-order valence-electron chi connectivity index (χ0n) is 15.1. The van der Waals surface area contributed by atoms with Gasteiger partial charge < -0.3 is 14.6 Å². The van der Waals surface area contributed by atoms with Crippen LogP contribution in [0.5, 0.6) is 5.75 Å². The Morgan fingerprint density at radius 1 is 1.04 bits per heavy atom. The molecule has 1 atom stereocenters. The van der Waals surface area contributed by atoms with Crippen LogP contribution in [0.15, 0.2) is 54.7 Å². The van der Waals surface area contributed by atoms with Gasteiger partial charge in [0.1, 0.15) is 11.8 Å². The summed E-state index contributed by atoms with van der Waals surface area (Å²) in [5.41, 5.74) is 3.14. The molecule has 3 aromatic rings. The maximum Gasteiger partial charge on any atom is 0.247 e. The van der Waals surface area contributed by atoms with Gasteiger partial charge in [0.25, 0.3) is 0 Å². The summed E-state index contributed by atoms with van der Waals surface area (Å²) in [6, 6.07) is 15.5. The van der Waals surface area contributed by atoms with E-state index >= 15 is 0 Å². The Labute approximate surface area is 148 Å². The number of ether oxygens (including phenoxy) is 1. The first-order valence-electron chi connectivity index (χ1n) is 8.55. The van der Waals surface area contributed by atoms with Crippen LogP contribution in [0.25, 0.3) is 10.9 Å². The summed E-state index contributed by atoms with van der Waals surface area (Å²) < 4.78 is 7.15. The summed E-state index contributed by atoms with van der Waals surface area (Å²) in [5, 5.41) is 4.12. The second kappa shape index (κ2) is 7.01. The molecule has 0 bridgehead atoms. The molecule has 0 spiro atoms. The molecule has 1 aromatic heterocycles. The van der Waals surface area contributed by atoms with Crippen molar-refractivity contribution in [1.29, 1.82) is 0 Å². The Morgan fingerprint density at radius 3 is 2.40 bits per heavy atom. The first-order valence-corrected chi connectivity index (χ1v) is 8.55. The Kier molecular flexibility index (Phi) is 4.79. The lowest BCUT2D eigenvalue weighted by Crippen LogP contribution is -2.23. The first kappa shape index (κ1) is 17.1. The predicted molar refractivity (Wildman–Crippen MR) is 102 cm³/mol. The van der Waals surface area contributed by atoms with E-state index in [0.29, 0.717) is 5.92 Å². The van der Waals surface area contributed by atoms with Crippen LogP contribution in [0.3, 0.4) is 0 Å². The van der Waals surface area contributed by atoms with Crippen molar-refractivity contribution in [3.8, 4) is 5.75 Å². The molecule has 1 heterocycles. The normalized spacial score (nSPS) is 12.4. The van der Waals surface area contributed by atoms with Crippen molar-refractivity contribution in [3.63, 3.8) is 0 Å². The molecular weight excluding hydrogens is 312 g/mol. The predicted octanol–water partition coefficient (Wildman–Crippen LogP) is 4.97. The van der Waals surface area contributed by atoms with Crippen molar-refractivity contribution in [3.05, 3.63) is 60.3 Å². The quantitative estimate of drug-likeness (QED) is 0.714. The average molecular weight is 336 g/mol. The second-order valence-corrected chi connectivity index (χ2v) is 6.59. The zero-order chi connectivity index (χ0) is 18.0. The van der Waals surface area contributed by atoms with Crippen LogP contribution in [0.1, 0.15) is 38.3 Å². The lowest BCUT2D eigenvalue weighted by Gasteiger charge is -2.16. The topological polar surface area (TPSA) is 43.3 Å². The van der Waals surface area contributed by atoms with Gasteiger partial charge in [0, 0.05) is 17.4 Å². The van der Waals surface area contributed by atoms with Crippen LogP contribution in [-0.4, -0.2) is 17.6 Å². The summed E-state index contributed by atoms with van der Waals surface area (Å²) in [6.45, 7) is 6.28. The number of nitrogens with one attached hydrogen (secondary N) is 1. The summed E-state index contributed by atoms with van der Waals surface area (Å²) in [6.07, 6.45) is 1.98. The fraction of sp³-hybridized carbons (Fsp3) is 0.286. The number of aromatic nitrogens is 1. The molecule has 0 aliphatic rings. The third-order valence-electron chi connectivity index (χ3n) is 4.57. The average Bonchev–Trinajstić information content (AvgIpc) is 3.04. The Morgan fingerprint density at radius 2 is 1.76 bits per heavy atom. The van der Waals surface area contributed by atoms with Gasteiger partial charge in [-0.15, -0.1) is 0 Å². The number of rotatable bonds is 5. The van der Waals surface area contributed by atoms with Gasteiger partial charge in [-0.1, -0.05) is 19.9 Å². The van der Waals surface area contributed by atoms with Gasteiger partial charge in [-0.3, -0.25) is 4.79 Å². The molecule has 0 fully saturated rings. The highest BCUT2D eigenvalue weighted by atomic mass is 16.5. The smallest absolute Gasteiger partial charge is 0.247 e. The number of methoxy groups -OCH3 is 1. The molecule has 1 unspecified atom stereocenters. The van der Waals surface area contributed by atoms with E-state index in [4.69, 9.17) is 4.74 Å². The fourth-order valence-electron chi connectivity index (χ4n) is 2.93. The lowest BCUT2D eigenvalue weighted by atomic mass is 10.0. The van der Waals surface area contributed by atoms with Crippen LogP contribution >= 0.6 is 0 Å². The standard InChI is InChI=1S/C21H24N2O2/c1-14(2)16-5-10-20-17(13-16)11-12-23(20)15(3)21(24)22-18-6-8-19(25-4)9-7-18/h5-15H,1-4H3,(H,22,24). The summed E-state index contributed by atoms with van der Waals surface area (Å²) >= 11 is 0. The molecule has 130 valence electrons. The van der Waals surface area contributed by atoms with Crippen molar-refractivity contribution in [2.45, 2.75) is 32.7 Å². The molecule has 2 aromatic carbocycles. The molecule has 4 nitrogen and oxygen atoms in total. The minimum Gasteiger partial charge on any atom is -0.497 e. The number of carbonyl (C=O) groups is 1. The number of nitrogens with zero attached hydrogens (tertiary/aromatic N) is 1. The summed E-state index contributed by atoms with van der Waals surface area (Å²) in [5.74, 6) is 1.21. The number of amides is 1. The molecule has 0 radical (unpaired) electrons. The van der Waals surface area contributed by atoms with E-state index < -0.39 is 0 Å². The van der Waals surface area contributed by atoms with Gasteiger partial charge >= 0.3 is 0 Å². The number of fused-ring (bicyclic) bond motifs is 1. The van der Waals surface area contributed by atoms with E-state index in [2.05, 4.69) is 43.4 Å². The molecule has 1 N–H and O–H groups in total. The van der Waals surface area contributed by atoms with Crippen molar-refractivity contribution < 1.29 is 9.53 Å². The molecule has 4 heteroatoms. The Balaban J connectivity index is 1.80. The van der Waals surface area contributed by atoms with Crippen LogP contribution in [0.4, 0.5) is 5.69 Å². The molecule has 1 amide bonds. The maximum atomic E-state index is 12.6. The zero-order valence-corrected chi connectivity index (χ0v) is 15.1. The number of hydrogen-bond donors (Lipinski definition) is 1. The van der Waals surface area contributed by atoms with Crippen molar-refractivity contribution in [2.24, 2.45) is 0 Å². The first-order chi connectivity index (χ1) is 12.0. The monoisotopic (exact) mass is 336 g/mol. The van der Waals surface area contributed by atoms with E-state index in [0.717, 1.165) is 22.3 Å². The van der Waals surface area contributed by atoms with Crippen LogP contribution in [0, 0.1) is 0 Å². The van der Waals surface area contributed by atoms with Crippen molar-refractivity contribution in [1.82, 2.24) is 4.57 Å². The number of benzene rings is 2. The highest BCUT2D eigenvalue weighted by Gasteiger charge is 2.17. The minimum atomic E-state index is -0.301. The van der Waals surface area contributed by atoms with Gasteiger partial charge in [0.15, 0.2) is 0 Å². The van der Waals surface area contributed by atoms with Gasteiger partial charge in [0.2, 0.25) is 5.91 Å². The molecular formula is C21H24N2O2. The van der Waals surface area contributed by atoms with E-state index in [-0.39, 0.29) is 11.9 Å². The van der Waals surface area contributed by atoms with E-state index in [1.165, 1.54) is 5.56 Å². The second-order valence-electron chi connectivity index (χ2n) is 6.59. The third kappa shape index (κ3) is 3.53. The van der Waals surface area contributed by atoms with Gasteiger partial charge in [0.05, 0.1) is 7.11 Å². The molecule has 3 rings (SSSR count). The van der Waals surface area contributed by atoms with E-state index in [1.807, 2.05) is 42.0 Å². The lowest BCUT2D eigenvalue weighted by molar-refractivity contribution is -0.118. The van der Waals surface area contributed by atoms with E-state index in [1.54, 1.807) is 7.11 Å². The molecule has 0 aliphatic heterocycles. The molecule has 25 heavy (non-hydrogen) atoms. The van der Waals surface area contributed by atoms with Gasteiger partial charge in [-0.05, 0) is 66.3 Å². The highest BCUT2D eigenvalue weighted by molar-refractivity contribution is 5.95. The Hall–Kier alpha value is -2.75. The van der Waals surface area contributed by atoms with Crippen molar-refractivity contribution >= 4 is 22.5 Å². The van der Waals surface area contributed by atoms with Crippen molar-refractivity contribution in [2.75, 3.05) is 12.4 Å². The highest BCUT2D eigenvalue weighted by Crippen LogP contribution is 2.25. The van der Waals surface area contributed by atoms with Crippen LogP contribution in [-0.2, 0) is 4.79 Å². The number of hydrogen-bond acceptors (Lipinski definition) is 2. The molecule has 0 saturated carbocycles. The molecule has 0 saturated heterocycles. The SMILES string of the molecule is COc1ccc(NC(=O)C(C)n2ccc3cc(C(C)C)ccc32)cc1. The molecule has 0 aliphatic carbocycles. The number of anilines is 1. The summed E-state index contributed by atoms with van der Waals surface area (Å²) in [4.78, 5) is 12.6. The Bertz CT molecular complexity index is 879. The van der Waals surface area contributed by atoms with E-state index in [9.17, 15) is 4.79 Å². The van der Waals surface area contributed by atoms with Gasteiger partial charge in [-0.25, -0.2) is 0 Å². The largest absolute Gasteiger partial charge is 0.497 e. The third-order valence-corrected chi connectivity index (χ3v) is 4.57. The minimum absolute atomic E-state index is 0.0457. The maximum absolute atomic E-state index is 12.6. The summed E-state index contributed by atoms with van der Waals surface area (Å²) in [7, 11) is 1.62.